The number of urea groups is 1. The van der Waals surface area contributed by atoms with Gasteiger partial charge in [-0.05, 0) is 38.5 Å². The number of hydrogen-bond acceptors (Lipinski definition) is 3. The fraction of sp³-hybridized carbons (Fsp3) is 0.385. The van der Waals surface area contributed by atoms with E-state index in [0.717, 1.165) is 5.56 Å². The van der Waals surface area contributed by atoms with Crippen molar-refractivity contribution in [1.29, 1.82) is 0 Å². The molecule has 6 nitrogen and oxygen atoms in total. The normalized spacial score (nSPS) is 11.6. The minimum Gasteiger partial charge on any atom is -0.409 e. The van der Waals surface area contributed by atoms with E-state index in [4.69, 9.17) is 22.5 Å². The number of anilines is 1. The van der Waals surface area contributed by atoms with Crippen LogP contribution in [-0.2, 0) is 0 Å². The third kappa shape index (κ3) is 4.31. The van der Waals surface area contributed by atoms with Gasteiger partial charge in [0.25, 0.3) is 0 Å². The second-order valence-electron chi connectivity index (χ2n) is 4.71. The largest absolute Gasteiger partial charge is 0.409 e. The van der Waals surface area contributed by atoms with Crippen molar-refractivity contribution in [3.8, 4) is 0 Å². The number of oxime groups is 1. The van der Waals surface area contributed by atoms with Crippen LogP contribution >= 0.6 is 11.6 Å². The van der Waals surface area contributed by atoms with E-state index in [1.165, 1.54) is 4.90 Å². The number of nitrogens with two attached hydrogens (primary N) is 1. The Morgan fingerprint density at radius 1 is 1.55 bits per heavy atom. The molecule has 110 valence electrons. The summed E-state index contributed by atoms with van der Waals surface area (Å²) in [7, 11) is 0. The molecule has 0 fully saturated rings. The number of aryl methyl sites for hydroxylation is 1. The SMILES string of the molecule is Cc1ccc(NC(=O)N(CC(N)=NO)C(C)C)cc1Cl. The highest BCUT2D eigenvalue weighted by Crippen LogP contribution is 2.20. The fourth-order valence-electron chi connectivity index (χ4n) is 1.56. The number of nitrogens with zero attached hydrogens (tertiary/aromatic N) is 2. The molecule has 0 atom stereocenters. The van der Waals surface area contributed by atoms with Gasteiger partial charge in [-0.25, -0.2) is 4.79 Å². The summed E-state index contributed by atoms with van der Waals surface area (Å²) in [4.78, 5) is 13.6. The number of amides is 2. The van der Waals surface area contributed by atoms with E-state index in [1.807, 2.05) is 26.8 Å². The molecule has 0 unspecified atom stereocenters. The van der Waals surface area contributed by atoms with Crippen LogP contribution in [0.2, 0.25) is 5.02 Å². The molecule has 0 radical (unpaired) electrons. The van der Waals surface area contributed by atoms with Gasteiger partial charge in [0.15, 0.2) is 5.84 Å². The lowest BCUT2D eigenvalue weighted by atomic mass is 10.2. The van der Waals surface area contributed by atoms with Crippen molar-refractivity contribution >= 4 is 29.2 Å². The molecule has 0 bridgehead atoms. The van der Waals surface area contributed by atoms with Gasteiger partial charge in [-0.3, -0.25) is 0 Å². The molecular formula is C13H19ClN4O2. The van der Waals surface area contributed by atoms with Gasteiger partial charge >= 0.3 is 6.03 Å². The lowest BCUT2D eigenvalue weighted by Crippen LogP contribution is -2.45. The zero-order valence-electron chi connectivity index (χ0n) is 11.7. The number of nitrogens with one attached hydrogen (secondary N) is 1. The molecule has 1 aromatic carbocycles. The number of benzene rings is 1. The van der Waals surface area contributed by atoms with Crippen LogP contribution in [0.25, 0.3) is 0 Å². The summed E-state index contributed by atoms with van der Waals surface area (Å²) in [6.07, 6.45) is 0. The molecule has 0 saturated heterocycles. The molecule has 0 heterocycles. The predicted octanol–water partition coefficient (Wildman–Crippen LogP) is 2.64. The third-order valence-electron chi connectivity index (χ3n) is 2.77. The third-order valence-corrected chi connectivity index (χ3v) is 3.18. The summed E-state index contributed by atoms with van der Waals surface area (Å²) in [5, 5.41) is 14.8. The average molecular weight is 299 g/mol. The topological polar surface area (TPSA) is 91.0 Å². The van der Waals surface area contributed by atoms with Crippen molar-refractivity contribution in [1.82, 2.24) is 4.90 Å². The molecule has 0 aliphatic heterocycles. The first-order valence-electron chi connectivity index (χ1n) is 6.15. The van der Waals surface area contributed by atoms with Crippen LogP contribution in [-0.4, -0.2) is 34.6 Å². The van der Waals surface area contributed by atoms with Gasteiger partial charge in [-0.2, -0.15) is 0 Å². The number of rotatable bonds is 4. The monoisotopic (exact) mass is 298 g/mol. The summed E-state index contributed by atoms with van der Waals surface area (Å²) in [5.74, 6) is -0.0317. The van der Waals surface area contributed by atoms with Crippen molar-refractivity contribution in [3.63, 3.8) is 0 Å². The first kappa shape index (κ1) is 16.1. The Hall–Kier alpha value is -1.95. The van der Waals surface area contributed by atoms with E-state index in [0.29, 0.717) is 10.7 Å². The number of amidine groups is 1. The van der Waals surface area contributed by atoms with Crippen molar-refractivity contribution in [2.75, 3.05) is 11.9 Å². The highest BCUT2D eigenvalue weighted by atomic mass is 35.5. The summed E-state index contributed by atoms with van der Waals surface area (Å²) < 4.78 is 0. The van der Waals surface area contributed by atoms with Crippen molar-refractivity contribution in [2.45, 2.75) is 26.8 Å². The summed E-state index contributed by atoms with van der Waals surface area (Å²) >= 11 is 6.01. The molecule has 0 spiro atoms. The molecule has 0 aliphatic rings. The fourth-order valence-corrected chi connectivity index (χ4v) is 1.74. The second kappa shape index (κ2) is 7.00. The van der Waals surface area contributed by atoms with E-state index >= 15 is 0 Å². The maximum atomic E-state index is 12.2. The second-order valence-corrected chi connectivity index (χ2v) is 5.11. The zero-order valence-corrected chi connectivity index (χ0v) is 12.5. The van der Waals surface area contributed by atoms with Gasteiger partial charge in [-0.15, -0.1) is 0 Å². The summed E-state index contributed by atoms with van der Waals surface area (Å²) in [5.41, 5.74) is 6.97. The van der Waals surface area contributed by atoms with E-state index < -0.39 is 0 Å². The maximum absolute atomic E-state index is 12.2. The molecule has 0 aromatic heterocycles. The predicted molar refractivity (Wildman–Crippen MR) is 80.5 cm³/mol. The highest BCUT2D eigenvalue weighted by molar-refractivity contribution is 6.31. The molecular weight excluding hydrogens is 280 g/mol. The lowest BCUT2D eigenvalue weighted by molar-refractivity contribution is 0.205. The van der Waals surface area contributed by atoms with Gasteiger partial charge < -0.3 is 21.2 Å². The van der Waals surface area contributed by atoms with Gasteiger partial charge in [-0.1, -0.05) is 22.8 Å². The first-order chi connectivity index (χ1) is 9.35. The number of carbonyl (C=O) groups excluding carboxylic acids is 1. The Bertz CT molecular complexity index is 517. The lowest BCUT2D eigenvalue weighted by Gasteiger charge is -2.26. The van der Waals surface area contributed by atoms with Crippen LogP contribution in [0.15, 0.2) is 23.4 Å². The molecule has 20 heavy (non-hydrogen) atoms. The molecule has 2 amide bonds. The van der Waals surface area contributed by atoms with Crippen LogP contribution in [0.5, 0.6) is 0 Å². The molecule has 0 aliphatic carbocycles. The summed E-state index contributed by atoms with van der Waals surface area (Å²) in [6, 6.07) is 4.82. The van der Waals surface area contributed by atoms with Crippen LogP contribution in [0.3, 0.4) is 0 Å². The van der Waals surface area contributed by atoms with Crippen LogP contribution in [0.1, 0.15) is 19.4 Å². The minimum atomic E-state index is -0.341. The number of halogens is 1. The maximum Gasteiger partial charge on any atom is 0.322 e. The standard InChI is InChI=1S/C13H19ClN4O2/c1-8(2)18(7-12(15)17-20)13(19)16-10-5-4-9(3)11(14)6-10/h4-6,8,20H,7H2,1-3H3,(H2,15,17)(H,16,19). The van der Waals surface area contributed by atoms with Crippen LogP contribution < -0.4 is 11.1 Å². The summed E-state index contributed by atoms with van der Waals surface area (Å²) in [6.45, 7) is 5.60. The average Bonchev–Trinajstić information content (AvgIpc) is 2.39. The van der Waals surface area contributed by atoms with Crippen LogP contribution in [0, 0.1) is 6.92 Å². The Morgan fingerprint density at radius 2 is 2.20 bits per heavy atom. The zero-order chi connectivity index (χ0) is 15.3. The quantitative estimate of drug-likeness (QED) is 0.345. The van der Waals surface area contributed by atoms with E-state index in [9.17, 15) is 4.79 Å². The minimum absolute atomic E-state index is 0.0317. The van der Waals surface area contributed by atoms with Crippen molar-refractivity contribution in [2.24, 2.45) is 10.9 Å². The van der Waals surface area contributed by atoms with Gasteiger partial charge in [0.1, 0.15) is 0 Å². The first-order valence-corrected chi connectivity index (χ1v) is 6.53. The smallest absolute Gasteiger partial charge is 0.322 e. The van der Waals surface area contributed by atoms with Gasteiger partial charge in [0, 0.05) is 16.8 Å². The van der Waals surface area contributed by atoms with Crippen molar-refractivity contribution < 1.29 is 10.0 Å². The molecule has 4 N–H and O–H groups in total. The molecule has 0 saturated carbocycles. The van der Waals surface area contributed by atoms with Gasteiger partial charge in [0.05, 0.1) is 6.54 Å². The van der Waals surface area contributed by atoms with Crippen molar-refractivity contribution in [3.05, 3.63) is 28.8 Å². The Labute approximate surface area is 123 Å². The highest BCUT2D eigenvalue weighted by Gasteiger charge is 2.18. The molecule has 1 rings (SSSR count). The van der Waals surface area contributed by atoms with E-state index in [2.05, 4.69) is 10.5 Å². The number of hydrogen-bond donors (Lipinski definition) is 3. The van der Waals surface area contributed by atoms with E-state index in [-0.39, 0.29) is 24.5 Å². The molecule has 7 heteroatoms. The number of carbonyl (C=O) groups is 1. The van der Waals surface area contributed by atoms with Crippen LogP contribution in [0.4, 0.5) is 10.5 Å². The van der Waals surface area contributed by atoms with E-state index in [1.54, 1.807) is 12.1 Å². The molecule has 1 aromatic rings. The van der Waals surface area contributed by atoms with Gasteiger partial charge in [0.2, 0.25) is 0 Å². The Kier molecular flexibility index (Phi) is 5.64. The Morgan fingerprint density at radius 3 is 2.70 bits per heavy atom. The Balaban J connectivity index is 2.82.